The predicted octanol–water partition coefficient (Wildman–Crippen LogP) is 3.83. The summed E-state index contributed by atoms with van der Waals surface area (Å²) in [5.74, 6) is -0.552. The van der Waals surface area contributed by atoms with Gasteiger partial charge in [-0.3, -0.25) is 9.69 Å². The zero-order chi connectivity index (χ0) is 15.4. The van der Waals surface area contributed by atoms with Crippen molar-refractivity contribution in [3.63, 3.8) is 0 Å². The van der Waals surface area contributed by atoms with E-state index in [1.807, 2.05) is 0 Å². The van der Waals surface area contributed by atoms with Gasteiger partial charge in [0.25, 0.3) is 5.91 Å². The molecule has 2 rings (SSSR count). The molecule has 1 aromatic rings. The van der Waals surface area contributed by atoms with Crippen LogP contribution in [0.25, 0.3) is 6.08 Å². The number of methoxy groups -OCH3 is 1. The molecule has 0 atom stereocenters. The van der Waals surface area contributed by atoms with Crippen LogP contribution in [0.5, 0.6) is 0 Å². The molecule has 1 aliphatic heterocycles. The highest BCUT2D eigenvalue weighted by Gasteiger charge is 2.31. The summed E-state index contributed by atoms with van der Waals surface area (Å²) in [6.45, 7) is 1.08. The van der Waals surface area contributed by atoms with Gasteiger partial charge in [-0.15, -0.1) is 0 Å². The number of carbonyl (C=O) groups excluding carboxylic acids is 1. The van der Waals surface area contributed by atoms with Crippen LogP contribution in [0.1, 0.15) is 12.0 Å². The van der Waals surface area contributed by atoms with Gasteiger partial charge >= 0.3 is 0 Å². The van der Waals surface area contributed by atoms with Crippen molar-refractivity contribution in [1.29, 1.82) is 0 Å². The minimum Gasteiger partial charge on any atom is -0.385 e. The Balaban J connectivity index is 2.18. The highest BCUT2D eigenvalue weighted by Crippen LogP contribution is 2.33. The van der Waals surface area contributed by atoms with E-state index >= 15 is 0 Å². The molecule has 21 heavy (non-hydrogen) atoms. The number of thiocarbonyl (C=S) groups is 1. The van der Waals surface area contributed by atoms with Gasteiger partial charge in [0.15, 0.2) is 0 Å². The van der Waals surface area contributed by atoms with Crippen molar-refractivity contribution < 1.29 is 13.9 Å². The molecular formula is C14H13BrFNO2S2. The van der Waals surface area contributed by atoms with Crippen molar-refractivity contribution in [2.24, 2.45) is 0 Å². The molecule has 1 aliphatic rings. The number of benzene rings is 1. The molecule has 1 aromatic carbocycles. The maximum Gasteiger partial charge on any atom is 0.266 e. The summed E-state index contributed by atoms with van der Waals surface area (Å²) in [6, 6.07) is 4.60. The van der Waals surface area contributed by atoms with Crippen molar-refractivity contribution >= 4 is 56.2 Å². The van der Waals surface area contributed by atoms with E-state index in [0.717, 1.165) is 4.47 Å². The largest absolute Gasteiger partial charge is 0.385 e. The molecule has 0 aromatic heterocycles. The number of nitrogens with zero attached hydrogens (tertiary/aromatic N) is 1. The minimum atomic E-state index is -0.372. The first kappa shape index (κ1) is 16.6. The Morgan fingerprint density at radius 1 is 1.52 bits per heavy atom. The fourth-order valence-electron chi connectivity index (χ4n) is 1.83. The highest BCUT2D eigenvalue weighted by molar-refractivity contribution is 9.10. The lowest BCUT2D eigenvalue weighted by Gasteiger charge is -2.13. The molecule has 0 unspecified atom stereocenters. The molecule has 1 saturated heterocycles. The van der Waals surface area contributed by atoms with Crippen LogP contribution in [0.4, 0.5) is 4.39 Å². The molecule has 7 heteroatoms. The Morgan fingerprint density at radius 2 is 2.29 bits per heavy atom. The molecule has 0 spiro atoms. The van der Waals surface area contributed by atoms with Crippen LogP contribution in [-0.4, -0.2) is 35.4 Å². The third-order valence-corrected chi connectivity index (χ3v) is 4.72. The summed E-state index contributed by atoms with van der Waals surface area (Å²) in [4.78, 5) is 14.3. The molecule has 0 saturated carbocycles. The number of thioether (sulfide) groups is 1. The molecule has 0 radical (unpaired) electrons. The van der Waals surface area contributed by atoms with Gasteiger partial charge in [0.2, 0.25) is 0 Å². The van der Waals surface area contributed by atoms with Crippen LogP contribution < -0.4 is 0 Å². The molecule has 0 N–H and O–H groups in total. The predicted molar refractivity (Wildman–Crippen MR) is 90.5 cm³/mol. The topological polar surface area (TPSA) is 29.5 Å². The second-order valence-corrected chi connectivity index (χ2v) is 6.94. The molecule has 3 nitrogen and oxygen atoms in total. The van der Waals surface area contributed by atoms with Gasteiger partial charge in [-0.2, -0.15) is 0 Å². The van der Waals surface area contributed by atoms with E-state index in [1.54, 1.807) is 19.2 Å². The molecule has 1 heterocycles. The van der Waals surface area contributed by atoms with E-state index in [4.69, 9.17) is 17.0 Å². The van der Waals surface area contributed by atoms with Gasteiger partial charge in [0.05, 0.1) is 4.91 Å². The minimum absolute atomic E-state index is 0.180. The number of hydrogen-bond donors (Lipinski definition) is 0. The summed E-state index contributed by atoms with van der Waals surface area (Å²) >= 11 is 9.69. The first-order chi connectivity index (χ1) is 10.0. The zero-order valence-corrected chi connectivity index (χ0v) is 14.5. The molecule has 1 fully saturated rings. The zero-order valence-electron chi connectivity index (χ0n) is 11.3. The Labute approximate surface area is 140 Å². The molecule has 0 bridgehead atoms. The molecule has 1 amide bonds. The summed E-state index contributed by atoms with van der Waals surface area (Å²) in [5.41, 5.74) is 0.363. The van der Waals surface area contributed by atoms with Gasteiger partial charge in [-0.1, -0.05) is 39.9 Å². The van der Waals surface area contributed by atoms with Gasteiger partial charge in [0, 0.05) is 30.3 Å². The monoisotopic (exact) mass is 389 g/mol. The number of rotatable bonds is 5. The van der Waals surface area contributed by atoms with E-state index in [2.05, 4.69) is 15.9 Å². The van der Waals surface area contributed by atoms with Crippen molar-refractivity contribution in [3.05, 3.63) is 39.0 Å². The van der Waals surface area contributed by atoms with Crippen molar-refractivity contribution in [3.8, 4) is 0 Å². The Kier molecular flexibility index (Phi) is 5.92. The highest BCUT2D eigenvalue weighted by atomic mass is 79.9. The van der Waals surface area contributed by atoms with Crippen molar-refractivity contribution in [2.75, 3.05) is 20.3 Å². The number of halogens is 2. The van der Waals surface area contributed by atoms with E-state index < -0.39 is 0 Å². The average Bonchev–Trinajstić information content (AvgIpc) is 2.70. The number of hydrogen-bond acceptors (Lipinski definition) is 4. The second kappa shape index (κ2) is 7.49. The number of carbonyl (C=O) groups is 1. The average molecular weight is 390 g/mol. The van der Waals surface area contributed by atoms with Crippen LogP contribution in [0.15, 0.2) is 27.6 Å². The summed E-state index contributed by atoms with van der Waals surface area (Å²) in [6.07, 6.45) is 2.25. The van der Waals surface area contributed by atoms with Crippen molar-refractivity contribution in [2.45, 2.75) is 6.42 Å². The molecule has 0 aliphatic carbocycles. The fourth-order valence-corrected chi connectivity index (χ4v) is 3.50. The first-order valence-electron chi connectivity index (χ1n) is 6.22. The third kappa shape index (κ3) is 4.12. The quantitative estimate of drug-likeness (QED) is 0.434. The van der Waals surface area contributed by atoms with Gasteiger partial charge in [-0.05, 0) is 30.7 Å². The van der Waals surface area contributed by atoms with E-state index in [0.29, 0.717) is 34.4 Å². The number of ether oxygens (including phenoxy) is 1. The van der Waals surface area contributed by atoms with Gasteiger partial charge in [-0.25, -0.2) is 4.39 Å². The first-order valence-corrected chi connectivity index (χ1v) is 8.24. The maximum atomic E-state index is 13.7. The number of amides is 1. The summed E-state index contributed by atoms with van der Waals surface area (Å²) in [7, 11) is 1.61. The second-order valence-electron chi connectivity index (χ2n) is 4.35. The van der Waals surface area contributed by atoms with Crippen molar-refractivity contribution in [1.82, 2.24) is 4.90 Å². The lowest BCUT2D eigenvalue weighted by molar-refractivity contribution is -0.122. The van der Waals surface area contributed by atoms with Crippen LogP contribution in [-0.2, 0) is 9.53 Å². The van der Waals surface area contributed by atoms with Gasteiger partial charge < -0.3 is 4.74 Å². The smallest absolute Gasteiger partial charge is 0.266 e. The Bertz CT molecular complexity index is 607. The third-order valence-electron chi connectivity index (χ3n) is 2.85. The van der Waals surface area contributed by atoms with Crippen LogP contribution in [0, 0.1) is 5.82 Å². The summed E-state index contributed by atoms with van der Waals surface area (Å²) < 4.78 is 20.0. The normalized spacial score (nSPS) is 17.1. The Hall–Kier alpha value is -0.760. The van der Waals surface area contributed by atoms with Crippen LogP contribution in [0.2, 0.25) is 0 Å². The SMILES string of the molecule is COCCCN1C(=O)/C(=C\c2cc(Br)ccc2F)SC1=S. The van der Waals surface area contributed by atoms with E-state index in [1.165, 1.54) is 28.8 Å². The molecular weight excluding hydrogens is 377 g/mol. The fraction of sp³-hybridized carbons (Fsp3) is 0.286. The van der Waals surface area contributed by atoms with E-state index in [-0.39, 0.29) is 11.7 Å². The van der Waals surface area contributed by atoms with Crippen LogP contribution >= 0.6 is 39.9 Å². The maximum absolute atomic E-state index is 13.7. The standard InChI is InChI=1S/C14H13BrFNO2S2/c1-19-6-2-5-17-13(18)12(21-14(17)20)8-9-7-10(15)3-4-11(9)16/h3-4,7-8H,2,5-6H2,1H3/b12-8+. The lowest BCUT2D eigenvalue weighted by Crippen LogP contribution is -2.29. The lowest BCUT2D eigenvalue weighted by atomic mass is 10.2. The molecule has 112 valence electrons. The van der Waals surface area contributed by atoms with Crippen LogP contribution in [0.3, 0.4) is 0 Å². The van der Waals surface area contributed by atoms with E-state index in [9.17, 15) is 9.18 Å². The summed E-state index contributed by atoms with van der Waals surface area (Å²) in [5, 5.41) is 0. The van der Waals surface area contributed by atoms with Gasteiger partial charge in [0.1, 0.15) is 10.1 Å². The Morgan fingerprint density at radius 3 is 3.00 bits per heavy atom.